The summed E-state index contributed by atoms with van der Waals surface area (Å²) < 4.78 is 5.64. The highest BCUT2D eigenvalue weighted by atomic mass is 35.5. The van der Waals surface area contributed by atoms with Crippen LogP contribution in [0.3, 0.4) is 0 Å². The van der Waals surface area contributed by atoms with Gasteiger partial charge in [0, 0.05) is 12.1 Å². The summed E-state index contributed by atoms with van der Waals surface area (Å²) in [7, 11) is 0. The minimum absolute atomic E-state index is 0.0521. The Kier molecular flexibility index (Phi) is 5.82. The first-order valence-corrected chi connectivity index (χ1v) is 7.85. The summed E-state index contributed by atoms with van der Waals surface area (Å²) in [5.41, 5.74) is 3.04. The molecule has 0 aliphatic rings. The molecule has 2 aromatic rings. The number of carbonyl (C=O) groups excluding carboxylic acids is 1. The molecule has 0 aliphatic heterocycles. The van der Waals surface area contributed by atoms with Crippen molar-refractivity contribution in [3.8, 4) is 5.75 Å². The van der Waals surface area contributed by atoms with Crippen LogP contribution in [0.2, 0.25) is 5.02 Å². The molecule has 0 aromatic heterocycles. The second-order valence-corrected chi connectivity index (χ2v) is 5.90. The molecule has 0 atom stereocenters. The van der Waals surface area contributed by atoms with E-state index in [9.17, 15) is 14.9 Å². The van der Waals surface area contributed by atoms with Gasteiger partial charge in [0.1, 0.15) is 5.75 Å². The van der Waals surface area contributed by atoms with Gasteiger partial charge in [0.15, 0.2) is 6.73 Å². The van der Waals surface area contributed by atoms with Crippen LogP contribution in [-0.2, 0) is 0 Å². The Balaban J connectivity index is 1.97. The Labute approximate surface area is 150 Å². The summed E-state index contributed by atoms with van der Waals surface area (Å²) in [6, 6.07) is 7.17. The molecule has 0 fully saturated rings. The number of nitrogens with one attached hydrogen (secondary N) is 2. The Morgan fingerprint density at radius 1 is 1.20 bits per heavy atom. The largest absolute Gasteiger partial charge is 0.473 e. The second kappa shape index (κ2) is 7.85. The van der Waals surface area contributed by atoms with Gasteiger partial charge in [0.05, 0.1) is 15.6 Å². The van der Waals surface area contributed by atoms with Crippen molar-refractivity contribution in [2.24, 2.45) is 0 Å². The van der Waals surface area contributed by atoms with Crippen molar-refractivity contribution in [2.75, 3.05) is 12.0 Å². The molecule has 0 saturated carbocycles. The lowest BCUT2D eigenvalue weighted by Crippen LogP contribution is -2.32. The molecule has 2 aromatic carbocycles. The summed E-state index contributed by atoms with van der Waals surface area (Å²) in [4.78, 5) is 22.2. The van der Waals surface area contributed by atoms with Crippen LogP contribution in [0.1, 0.15) is 16.7 Å². The number of ether oxygens (including phenoxy) is 1. The Hall–Kier alpha value is -2.80. The highest BCUT2D eigenvalue weighted by molar-refractivity contribution is 6.33. The molecule has 25 heavy (non-hydrogen) atoms. The third-order valence-electron chi connectivity index (χ3n) is 3.73. The minimum atomic E-state index is -0.578. The van der Waals surface area contributed by atoms with Gasteiger partial charge >= 0.3 is 6.03 Å². The molecule has 0 heterocycles. The van der Waals surface area contributed by atoms with Crippen molar-refractivity contribution in [2.45, 2.75) is 20.8 Å². The quantitative estimate of drug-likeness (QED) is 0.469. The van der Waals surface area contributed by atoms with Crippen molar-refractivity contribution in [1.29, 1.82) is 0 Å². The predicted octanol–water partition coefficient (Wildman–Crippen LogP) is 4.33. The van der Waals surface area contributed by atoms with Crippen LogP contribution in [0.5, 0.6) is 5.75 Å². The smallest absolute Gasteiger partial charge is 0.321 e. The summed E-state index contributed by atoms with van der Waals surface area (Å²) in [6.45, 7) is 5.79. The summed E-state index contributed by atoms with van der Waals surface area (Å²) in [5, 5.41) is 16.0. The van der Waals surface area contributed by atoms with Crippen LogP contribution in [0.4, 0.5) is 16.2 Å². The molecule has 2 N–H and O–H groups in total. The van der Waals surface area contributed by atoms with Crippen LogP contribution in [0, 0.1) is 30.9 Å². The maximum absolute atomic E-state index is 11.9. The molecule has 132 valence electrons. The van der Waals surface area contributed by atoms with E-state index in [-0.39, 0.29) is 23.1 Å². The molecule has 8 heteroatoms. The third-order valence-corrected chi connectivity index (χ3v) is 4.06. The van der Waals surface area contributed by atoms with E-state index in [0.717, 1.165) is 16.7 Å². The van der Waals surface area contributed by atoms with Gasteiger partial charge < -0.3 is 15.4 Å². The number of nitrogens with zero attached hydrogens (tertiary/aromatic N) is 1. The molecular weight excluding hydrogens is 346 g/mol. The van der Waals surface area contributed by atoms with Gasteiger partial charge in [-0.2, -0.15) is 0 Å². The standard InChI is InChI=1S/C17H18ClN3O4/c1-10-4-5-11(2)16(12(10)3)25-9-19-17(22)20-15-8-13(21(23)24)6-7-14(15)18/h4-8H,9H2,1-3H3,(H2,19,20,22). The first-order chi connectivity index (χ1) is 11.8. The number of amides is 2. The van der Waals surface area contributed by atoms with E-state index in [2.05, 4.69) is 10.6 Å². The van der Waals surface area contributed by atoms with Gasteiger partial charge in [-0.15, -0.1) is 0 Å². The first kappa shape index (κ1) is 18.5. The lowest BCUT2D eigenvalue weighted by atomic mass is 10.1. The number of rotatable bonds is 5. The topological polar surface area (TPSA) is 93.5 Å². The fourth-order valence-electron chi connectivity index (χ4n) is 2.21. The van der Waals surface area contributed by atoms with E-state index in [4.69, 9.17) is 16.3 Å². The van der Waals surface area contributed by atoms with Crippen LogP contribution >= 0.6 is 11.6 Å². The van der Waals surface area contributed by atoms with Gasteiger partial charge in [0.2, 0.25) is 0 Å². The number of hydrogen-bond donors (Lipinski definition) is 2. The van der Waals surface area contributed by atoms with Crippen LogP contribution in [-0.4, -0.2) is 17.7 Å². The third kappa shape index (κ3) is 4.60. The molecule has 0 bridgehead atoms. The number of urea groups is 1. The maximum Gasteiger partial charge on any atom is 0.321 e. The van der Waals surface area contributed by atoms with Gasteiger partial charge in [0.25, 0.3) is 5.69 Å². The molecule has 2 rings (SSSR count). The highest BCUT2D eigenvalue weighted by Crippen LogP contribution is 2.27. The van der Waals surface area contributed by atoms with Gasteiger partial charge in [-0.25, -0.2) is 4.79 Å². The number of halogens is 1. The number of nitro benzene ring substituents is 1. The highest BCUT2D eigenvalue weighted by Gasteiger charge is 2.12. The fourth-order valence-corrected chi connectivity index (χ4v) is 2.38. The van der Waals surface area contributed by atoms with E-state index in [0.29, 0.717) is 5.75 Å². The monoisotopic (exact) mass is 363 g/mol. The Bertz CT molecular complexity index is 824. The van der Waals surface area contributed by atoms with Crippen molar-refractivity contribution in [3.05, 3.63) is 62.2 Å². The summed E-state index contributed by atoms with van der Waals surface area (Å²) in [6.07, 6.45) is 0. The number of anilines is 1. The lowest BCUT2D eigenvalue weighted by Gasteiger charge is -2.15. The lowest BCUT2D eigenvalue weighted by molar-refractivity contribution is -0.384. The van der Waals surface area contributed by atoms with Crippen LogP contribution in [0.25, 0.3) is 0 Å². The summed E-state index contributed by atoms with van der Waals surface area (Å²) in [5.74, 6) is 0.716. The predicted molar refractivity (Wildman–Crippen MR) is 96.4 cm³/mol. The van der Waals surface area contributed by atoms with Crippen molar-refractivity contribution in [3.63, 3.8) is 0 Å². The minimum Gasteiger partial charge on any atom is -0.473 e. The van der Waals surface area contributed by atoms with Crippen molar-refractivity contribution in [1.82, 2.24) is 5.32 Å². The SMILES string of the molecule is Cc1ccc(C)c(OCNC(=O)Nc2cc([N+](=O)[O-])ccc2Cl)c1C. The zero-order valence-electron chi connectivity index (χ0n) is 14.1. The number of non-ortho nitro benzene ring substituents is 1. The van der Waals surface area contributed by atoms with Gasteiger partial charge in [-0.1, -0.05) is 23.7 Å². The maximum atomic E-state index is 11.9. The van der Waals surface area contributed by atoms with Crippen molar-refractivity contribution >= 4 is 29.0 Å². The Morgan fingerprint density at radius 3 is 2.56 bits per heavy atom. The van der Waals surface area contributed by atoms with Gasteiger partial charge in [-0.3, -0.25) is 10.1 Å². The molecule has 0 saturated heterocycles. The molecule has 0 spiro atoms. The number of benzene rings is 2. The molecular formula is C17H18ClN3O4. The molecule has 7 nitrogen and oxygen atoms in total. The molecule has 0 aliphatic carbocycles. The van der Waals surface area contributed by atoms with Gasteiger partial charge in [-0.05, 0) is 43.5 Å². The number of nitro groups is 1. The van der Waals surface area contributed by atoms with E-state index in [1.165, 1.54) is 18.2 Å². The number of hydrogen-bond acceptors (Lipinski definition) is 4. The average Bonchev–Trinajstić information content (AvgIpc) is 2.56. The normalized spacial score (nSPS) is 10.2. The van der Waals surface area contributed by atoms with Crippen molar-refractivity contribution < 1.29 is 14.5 Å². The first-order valence-electron chi connectivity index (χ1n) is 7.48. The van der Waals surface area contributed by atoms with E-state index >= 15 is 0 Å². The number of carbonyl (C=O) groups is 1. The Morgan fingerprint density at radius 2 is 1.88 bits per heavy atom. The van der Waals surface area contributed by atoms with E-state index in [1.807, 2.05) is 32.9 Å². The fraction of sp³-hybridized carbons (Fsp3) is 0.235. The zero-order chi connectivity index (χ0) is 18.6. The van der Waals surface area contributed by atoms with Crippen LogP contribution < -0.4 is 15.4 Å². The van der Waals surface area contributed by atoms with E-state index in [1.54, 1.807) is 0 Å². The summed E-state index contributed by atoms with van der Waals surface area (Å²) >= 11 is 5.94. The molecule has 2 amide bonds. The van der Waals surface area contributed by atoms with Crippen LogP contribution in [0.15, 0.2) is 30.3 Å². The second-order valence-electron chi connectivity index (χ2n) is 5.49. The average molecular weight is 364 g/mol. The zero-order valence-corrected chi connectivity index (χ0v) is 14.8. The van der Waals surface area contributed by atoms with E-state index < -0.39 is 11.0 Å². The molecule has 0 radical (unpaired) electrons. The molecule has 0 unspecified atom stereocenters. The number of aryl methyl sites for hydroxylation is 2.